The fourth-order valence-corrected chi connectivity index (χ4v) is 1.93. The van der Waals surface area contributed by atoms with Crippen molar-refractivity contribution >= 4 is 11.7 Å². The summed E-state index contributed by atoms with van der Waals surface area (Å²) in [6.07, 6.45) is 0. The van der Waals surface area contributed by atoms with Crippen LogP contribution >= 0.6 is 0 Å². The molecule has 1 aromatic rings. The Hall–Kier alpha value is -2.26. The van der Waals surface area contributed by atoms with E-state index in [-0.39, 0.29) is 24.7 Å². The highest BCUT2D eigenvalue weighted by molar-refractivity contribution is 5.92. The van der Waals surface area contributed by atoms with E-state index in [0.717, 1.165) is 17.1 Å². The number of rotatable bonds is 6. The maximum Gasteiger partial charge on any atom is 0.343 e. The first-order valence-corrected chi connectivity index (χ1v) is 6.55. The lowest BCUT2D eigenvalue weighted by Gasteiger charge is -2.39. The van der Waals surface area contributed by atoms with Gasteiger partial charge in [-0.3, -0.25) is 0 Å². The number of anilines is 1. The summed E-state index contributed by atoms with van der Waals surface area (Å²) in [4.78, 5) is 11.7. The van der Waals surface area contributed by atoms with Crippen LogP contribution in [0, 0.1) is 16.8 Å². The van der Waals surface area contributed by atoms with E-state index >= 15 is 0 Å². The van der Waals surface area contributed by atoms with E-state index in [4.69, 9.17) is 15.0 Å². The molecule has 8 nitrogen and oxygen atoms in total. The second kappa shape index (κ2) is 6.67. The number of nitrogens with zero attached hydrogens (tertiary/aromatic N) is 2. The maximum absolute atomic E-state index is 13.4. The van der Waals surface area contributed by atoms with Gasteiger partial charge in [-0.25, -0.2) is 9.18 Å². The second-order valence-corrected chi connectivity index (χ2v) is 5.02. The van der Waals surface area contributed by atoms with Crippen LogP contribution in [0.3, 0.4) is 0 Å². The zero-order chi connectivity index (χ0) is 16.2. The van der Waals surface area contributed by atoms with E-state index in [1.165, 1.54) is 13.1 Å². The molecule has 0 aromatic heterocycles. The standard InChI is InChI=1S/C13H17FN4O4/c1-16-12(20)18(17-15)10-3-2-9(14)4-11(10)22-8-13(5-19)6-21-7-13/h2-4,15,19H,5-8H2,1H3,(H,16,20). The van der Waals surface area contributed by atoms with E-state index in [0.29, 0.717) is 13.2 Å². The number of hydrogen-bond donors (Lipinski definition) is 3. The molecule has 0 bridgehead atoms. The number of hydrogen-bond acceptors (Lipinski definition) is 6. The molecule has 1 saturated heterocycles. The van der Waals surface area contributed by atoms with Crippen molar-refractivity contribution in [2.45, 2.75) is 0 Å². The molecular formula is C13H17FN4O4. The van der Waals surface area contributed by atoms with Gasteiger partial charge in [0, 0.05) is 13.1 Å². The van der Waals surface area contributed by atoms with Crippen molar-refractivity contribution in [2.24, 2.45) is 10.6 Å². The third-order valence-corrected chi connectivity index (χ3v) is 3.34. The molecule has 0 spiro atoms. The van der Waals surface area contributed by atoms with Crippen LogP contribution in [0.4, 0.5) is 14.9 Å². The topological polar surface area (TPSA) is 107 Å². The minimum atomic E-state index is -0.657. The van der Waals surface area contributed by atoms with Crippen LogP contribution in [-0.2, 0) is 4.74 Å². The molecule has 1 heterocycles. The van der Waals surface area contributed by atoms with Crippen LogP contribution in [0.5, 0.6) is 5.75 Å². The first-order chi connectivity index (χ1) is 10.5. The van der Waals surface area contributed by atoms with Crippen molar-refractivity contribution < 1.29 is 23.8 Å². The number of ether oxygens (including phenoxy) is 2. The van der Waals surface area contributed by atoms with Crippen molar-refractivity contribution in [1.82, 2.24) is 5.32 Å². The fraction of sp³-hybridized carbons (Fsp3) is 0.462. The van der Waals surface area contributed by atoms with Crippen LogP contribution in [0.1, 0.15) is 0 Å². The van der Waals surface area contributed by atoms with Crippen molar-refractivity contribution in [3.05, 3.63) is 24.0 Å². The highest BCUT2D eigenvalue weighted by atomic mass is 19.1. The van der Waals surface area contributed by atoms with Crippen LogP contribution < -0.4 is 15.1 Å². The highest BCUT2D eigenvalue weighted by Gasteiger charge is 2.39. The Morgan fingerprint density at radius 3 is 2.86 bits per heavy atom. The number of carbonyl (C=O) groups is 1. The van der Waals surface area contributed by atoms with Gasteiger partial charge >= 0.3 is 6.03 Å². The number of aliphatic hydroxyl groups is 1. The van der Waals surface area contributed by atoms with Crippen molar-refractivity contribution in [3.63, 3.8) is 0 Å². The molecule has 2 amide bonds. The lowest BCUT2D eigenvalue weighted by Crippen LogP contribution is -2.50. The third kappa shape index (κ3) is 3.15. The number of nitrogens with one attached hydrogen (secondary N) is 2. The van der Waals surface area contributed by atoms with Gasteiger partial charge in [-0.05, 0) is 12.1 Å². The van der Waals surface area contributed by atoms with Crippen molar-refractivity contribution in [3.8, 4) is 5.75 Å². The summed E-state index contributed by atoms with van der Waals surface area (Å²) in [5, 5.41) is 15.5. The largest absolute Gasteiger partial charge is 0.490 e. The van der Waals surface area contributed by atoms with E-state index in [1.807, 2.05) is 0 Å². The number of aliphatic hydroxyl groups excluding tert-OH is 1. The summed E-state index contributed by atoms with van der Waals surface area (Å²) >= 11 is 0. The van der Waals surface area contributed by atoms with Crippen LogP contribution in [0.25, 0.3) is 0 Å². The van der Waals surface area contributed by atoms with Crippen molar-refractivity contribution in [2.75, 3.05) is 38.5 Å². The second-order valence-electron chi connectivity index (χ2n) is 5.02. The molecule has 0 radical (unpaired) electrons. The normalized spacial score (nSPS) is 15.6. The fourth-order valence-electron chi connectivity index (χ4n) is 1.93. The zero-order valence-electron chi connectivity index (χ0n) is 12.0. The van der Waals surface area contributed by atoms with E-state index in [1.54, 1.807) is 0 Å². The van der Waals surface area contributed by atoms with Gasteiger partial charge in [-0.15, -0.1) is 0 Å². The van der Waals surface area contributed by atoms with Crippen molar-refractivity contribution in [1.29, 1.82) is 5.53 Å². The molecule has 1 aliphatic rings. The average Bonchev–Trinajstić information content (AvgIpc) is 2.49. The van der Waals surface area contributed by atoms with Gasteiger partial charge in [0.25, 0.3) is 0 Å². The molecule has 3 N–H and O–H groups in total. The van der Waals surface area contributed by atoms with E-state index in [9.17, 15) is 14.3 Å². The smallest absolute Gasteiger partial charge is 0.343 e. The summed E-state index contributed by atoms with van der Waals surface area (Å²) in [6.45, 7) is 0.658. The molecule has 2 rings (SSSR count). The van der Waals surface area contributed by atoms with Crippen LogP contribution in [0.15, 0.2) is 23.4 Å². The summed E-state index contributed by atoms with van der Waals surface area (Å²) in [5.74, 6) is -0.497. The summed E-state index contributed by atoms with van der Waals surface area (Å²) < 4.78 is 24.1. The predicted octanol–water partition coefficient (Wildman–Crippen LogP) is 1.31. The summed E-state index contributed by atoms with van der Waals surface area (Å²) in [7, 11) is 1.39. The Morgan fingerprint density at radius 1 is 1.64 bits per heavy atom. The monoisotopic (exact) mass is 312 g/mol. The van der Waals surface area contributed by atoms with Crippen LogP contribution in [0.2, 0.25) is 0 Å². The molecular weight excluding hydrogens is 295 g/mol. The molecule has 0 atom stereocenters. The van der Waals surface area contributed by atoms with Crippen LogP contribution in [-0.4, -0.2) is 44.6 Å². The number of benzene rings is 1. The Bertz CT molecular complexity index is 559. The number of halogens is 1. The van der Waals surface area contributed by atoms with E-state index < -0.39 is 17.3 Å². The molecule has 9 heteroatoms. The molecule has 0 unspecified atom stereocenters. The van der Waals surface area contributed by atoms with Gasteiger partial charge in [0.2, 0.25) is 0 Å². The minimum absolute atomic E-state index is 0.0549. The number of urea groups is 1. The lowest BCUT2D eigenvalue weighted by atomic mass is 9.88. The van der Waals surface area contributed by atoms with Gasteiger partial charge in [0.1, 0.15) is 23.9 Å². The molecule has 120 valence electrons. The SMILES string of the molecule is CNC(=O)N(N=N)c1ccc(F)cc1OCC1(CO)COC1. The lowest BCUT2D eigenvalue weighted by molar-refractivity contribution is -0.153. The Kier molecular flexibility index (Phi) is 4.88. The minimum Gasteiger partial charge on any atom is -0.490 e. The Labute approximate surface area is 126 Å². The quantitative estimate of drug-likeness (QED) is 0.543. The molecule has 0 aliphatic carbocycles. The summed E-state index contributed by atoms with van der Waals surface area (Å²) in [5.41, 5.74) is 6.70. The molecule has 1 aromatic carbocycles. The summed E-state index contributed by atoms with van der Waals surface area (Å²) in [6, 6.07) is 2.87. The highest BCUT2D eigenvalue weighted by Crippen LogP contribution is 2.33. The van der Waals surface area contributed by atoms with E-state index in [2.05, 4.69) is 10.5 Å². The van der Waals surface area contributed by atoms with Gasteiger partial charge in [-0.1, -0.05) is 5.22 Å². The number of carbonyl (C=O) groups excluding carboxylic acids is 1. The first kappa shape index (κ1) is 16.1. The first-order valence-electron chi connectivity index (χ1n) is 6.55. The molecule has 22 heavy (non-hydrogen) atoms. The average molecular weight is 312 g/mol. The maximum atomic E-state index is 13.4. The van der Waals surface area contributed by atoms with Gasteiger partial charge < -0.3 is 19.9 Å². The molecule has 1 aliphatic heterocycles. The molecule has 0 saturated carbocycles. The third-order valence-electron chi connectivity index (χ3n) is 3.34. The zero-order valence-corrected chi connectivity index (χ0v) is 12.0. The molecule has 1 fully saturated rings. The van der Waals surface area contributed by atoms with Gasteiger partial charge in [0.15, 0.2) is 0 Å². The van der Waals surface area contributed by atoms with Gasteiger partial charge in [0.05, 0.1) is 25.2 Å². The Balaban J connectivity index is 2.23. The number of amides is 2. The van der Waals surface area contributed by atoms with Gasteiger partial charge in [-0.2, -0.15) is 10.5 Å². The predicted molar refractivity (Wildman–Crippen MR) is 74.3 cm³/mol. The Morgan fingerprint density at radius 2 is 2.36 bits per heavy atom.